The van der Waals surface area contributed by atoms with Crippen LogP contribution in [0.2, 0.25) is 0 Å². The molecule has 0 saturated carbocycles. The van der Waals surface area contributed by atoms with E-state index in [-0.39, 0.29) is 31.5 Å². The molecule has 0 radical (unpaired) electrons. The predicted octanol–water partition coefficient (Wildman–Crippen LogP) is 3.05. The van der Waals surface area contributed by atoms with Gasteiger partial charge in [-0.05, 0) is 35.1 Å². The van der Waals surface area contributed by atoms with Gasteiger partial charge in [-0.3, -0.25) is 4.79 Å². The minimum atomic E-state index is -1.10. The second kappa shape index (κ2) is 10.0. The number of amides is 2. The molecule has 33 heavy (non-hydrogen) atoms. The number of carbonyl (C=O) groups is 3. The standard InChI is InChI=1S/C25H28N2O6/c1-2-15(13-22(28)27-21-11-12-32-23(21)24(29)30)26-25(31)33-14-20-18-9-5-3-7-16(18)17-8-4-6-10-19(17)20/h3-10,15,20-21,23H,2,11-14H2,1H3,(H,26,31)(H,27,28)(H,29,30)/t15-,21-,23+/m0/s1. The number of carbonyl (C=O) groups excluding carboxylic acids is 2. The van der Waals surface area contributed by atoms with Crippen molar-refractivity contribution in [3.05, 3.63) is 59.7 Å². The predicted molar refractivity (Wildman–Crippen MR) is 121 cm³/mol. The molecule has 3 N–H and O–H groups in total. The first-order chi connectivity index (χ1) is 16.0. The van der Waals surface area contributed by atoms with Crippen LogP contribution in [0, 0.1) is 0 Å². The Morgan fingerprint density at radius 3 is 2.33 bits per heavy atom. The largest absolute Gasteiger partial charge is 0.479 e. The van der Waals surface area contributed by atoms with Crippen molar-refractivity contribution in [3.8, 4) is 11.1 Å². The third-order valence-electron chi connectivity index (χ3n) is 6.27. The average Bonchev–Trinajstić information content (AvgIpc) is 3.40. The Labute approximate surface area is 192 Å². The van der Waals surface area contributed by atoms with E-state index in [4.69, 9.17) is 14.6 Å². The maximum Gasteiger partial charge on any atom is 0.407 e. The third kappa shape index (κ3) is 5.01. The Morgan fingerprint density at radius 1 is 1.09 bits per heavy atom. The lowest BCUT2D eigenvalue weighted by Gasteiger charge is -2.21. The maximum absolute atomic E-state index is 12.5. The molecule has 1 aliphatic carbocycles. The molecule has 4 rings (SSSR count). The highest BCUT2D eigenvalue weighted by Crippen LogP contribution is 2.44. The van der Waals surface area contributed by atoms with Crippen LogP contribution in [-0.2, 0) is 19.1 Å². The van der Waals surface area contributed by atoms with Gasteiger partial charge in [-0.1, -0.05) is 55.5 Å². The molecule has 1 aliphatic heterocycles. The number of nitrogens with one attached hydrogen (secondary N) is 2. The van der Waals surface area contributed by atoms with Crippen molar-refractivity contribution in [2.75, 3.05) is 13.2 Å². The Hall–Kier alpha value is -3.39. The summed E-state index contributed by atoms with van der Waals surface area (Å²) in [4.78, 5) is 36.1. The van der Waals surface area contributed by atoms with Crippen LogP contribution in [0.15, 0.2) is 48.5 Å². The van der Waals surface area contributed by atoms with Crippen molar-refractivity contribution in [3.63, 3.8) is 0 Å². The second-order valence-electron chi connectivity index (χ2n) is 8.37. The van der Waals surface area contributed by atoms with E-state index in [1.165, 1.54) is 0 Å². The Morgan fingerprint density at radius 2 is 1.73 bits per heavy atom. The number of ether oxygens (including phenoxy) is 2. The van der Waals surface area contributed by atoms with E-state index in [9.17, 15) is 14.4 Å². The summed E-state index contributed by atoms with van der Waals surface area (Å²) in [6, 6.07) is 15.2. The molecule has 2 aromatic rings. The molecule has 1 fully saturated rings. The molecule has 2 amide bonds. The van der Waals surface area contributed by atoms with Crippen LogP contribution >= 0.6 is 0 Å². The molecular formula is C25H28N2O6. The van der Waals surface area contributed by atoms with Crippen LogP contribution < -0.4 is 10.6 Å². The average molecular weight is 453 g/mol. The topological polar surface area (TPSA) is 114 Å². The number of hydrogen-bond acceptors (Lipinski definition) is 5. The third-order valence-corrected chi connectivity index (χ3v) is 6.27. The molecule has 0 aromatic heterocycles. The highest BCUT2D eigenvalue weighted by atomic mass is 16.5. The molecule has 2 aliphatic rings. The van der Waals surface area contributed by atoms with Gasteiger partial charge in [0, 0.05) is 25.0 Å². The van der Waals surface area contributed by atoms with Gasteiger partial charge in [0.25, 0.3) is 0 Å². The van der Waals surface area contributed by atoms with Crippen LogP contribution in [0.5, 0.6) is 0 Å². The van der Waals surface area contributed by atoms with Crippen LogP contribution in [0.25, 0.3) is 11.1 Å². The summed E-state index contributed by atoms with van der Waals surface area (Å²) in [7, 11) is 0. The molecule has 3 atom stereocenters. The quantitative estimate of drug-likeness (QED) is 0.567. The highest BCUT2D eigenvalue weighted by molar-refractivity contribution is 5.81. The van der Waals surface area contributed by atoms with Crippen LogP contribution in [0.1, 0.15) is 43.2 Å². The van der Waals surface area contributed by atoms with Gasteiger partial charge >= 0.3 is 12.1 Å². The zero-order chi connectivity index (χ0) is 23.4. The molecule has 0 unspecified atom stereocenters. The zero-order valence-electron chi connectivity index (χ0n) is 18.5. The number of aliphatic carboxylic acids is 1. The lowest BCUT2D eigenvalue weighted by molar-refractivity contribution is -0.148. The zero-order valence-corrected chi connectivity index (χ0v) is 18.5. The minimum absolute atomic E-state index is 0.0313. The van der Waals surface area contributed by atoms with E-state index in [0.717, 1.165) is 22.3 Å². The molecular weight excluding hydrogens is 424 g/mol. The van der Waals surface area contributed by atoms with Gasteiger partial charge in [0.1, 0.15) is 6.61 Å². The fourth-order valence-electron chi connectivity index (χ4n) is 4.57. The van der Waals surface area contributed by atoms with Crippen molar-refractivity contribution >= 4 is 18.0 Å². The van der Waals surface area contributed by atoms with Gasteiger partial charge in [0.2, 0.25) is 5.91 Å². The molecule has 8 nitrogen and oxygen atoms in total. The van der Waals surface area contributed by atoms with E-state index in [0.29, 0.717) is 12.8 Å². The summed E-state index contributed by atoms with van der Waals surface area (Å²) in [6.45, 7) is 2.35. The second-order valence-corrected chi connectivity index (χ2v) is 8.37. The Balaban J connectivity index is 1.31. The number of carboxylic acid groups (broad SMARTS) is 1. The van der Waals surface area contributed by atoms with Gasteiger partial charge in [-0.15, -0.1) is 0 Å². The number of alkyl carbamates (subject to hydrolysis) is 1. The number of benzene rings is 2. The summed E-state index contributed by atoms with van der Waals surface area (Å²) >= 11 is 0. The molecule has 0 spiro atoms. The smallest absolute Gasteiger partial charge is 0.407 e. The first-order valence-electron chi connectivity index (χ1n) is 11.2. The van der Waals surface area contributed by atoms with Gasteiger partial charge in [-0.2, -0.15) is 0 Å². The molecule has 8 heteroatoms. The molecule has 1 heterocycles. The fourth-order valence-corrected chi connectivity index (χ4v) is 4.57. The van der Waals surface area contributed by atoms with Crippen LogP contribution in [-0.4, -0.2) is 54.5 Å². The van der Waals surface area contributed by atoms with Gasteiger partial charge in [0.15, 0.2) is 6.10 Å². The van der Waals surface area contributed by atoms with E-state index < -0.39 is 30.3 Å². The first kappa shape index (κ1) is 22.8. The molecule has 2 aromatic carbocycles. The fraction of sp³-hybridized carbons (Fsp3) is 0.400. The summed E-state index contributed by atoms with van der Waals surface area (Å²) in [5.41, 5.74) is 4.57. The van der Waals surface area contributed by atoms with Crippen LogP contribution in [0.3, 0.4) is 0 Å². The van der Waals surface area contributed by atoms with E-state index in [2.05, 4.69) is 34.9 Å². The van der Waals surface area contributed by atoms with Crippen molar-refractivity contribution in [1.29, 1.82) is 0 Å². The highest BCUT2D eigenvalue weighted by Gasteiger charge is 2.35. The SMILES string of the molecule is CC[C@@H](CC(=O)N[C@H]1CCO[C@H]1C(=O)O)NC(=O)OCC1c2ccccc2-c2ccccc21. The summed E-state index contributed by atoms with van der Waals surface area (Å²) in [6.07, 6.45) is -0.613. The van der Waals surface area contributed by atoms with E-state index >= 15 is 0 Å². The Bertz CT molecular complexity index is 994. The molecule has 174 valence electrons. The monoisotopic (exact) mass is 452 g/mol. The van der Waals surface area contributed by atoms with Crippen molar-refractivity contribution in [2.45, 2.75) is 50.3 Å². The first-order valence-corrected chi connectivity index (χ1v) is 11.2. The van der Waals surface area contributed by atoms with Gasteiger partial charge < -0.3 is 25.2 Å². The summed E-state index contributed by atoms with van der Waals surface area (Å²) < 4.78 is 10.7. The summed E-state index contributed by atoms with van der Waals surface area (Å²) in [5, 5.41) is 14.6. The van der Waals surface area contributed by atoms with Gasteiger partial charge in [-0.25, -0.2) is 9.59 Å². The normalized spacial score (nSPS) is 19.9. The van der Waals surface area contributed by atoms with Crippen molar-refractivity contribution in [2.24, 2.45) is 0 Å². The number of rotatable bonds is 8. The van der Waals surface area contributed by atoms with Crippen molar-refractivity contribution in [1.82, 2.24) is 10.6 Å². The van der Waals surface area contributed by atoms with E-state index in [1.54, 1.807) is 0 Å². The lowest BCUT2D eigenvalue weighted by Crippen LogP contribution is -2.46. The molecule has 0 bridgehead atoms. The van der Waals surface area contributed by atoms with Crippen LogP contribution in [0.4, 0.5) is 4.79 Å². The maximum atomic E-state index is 12.5. The van der Waals surface area contributed by atoms with Gasteiger partial charge in [0.05, 0.1) is 6.04 Å². The van der Waals surface area contributed by atoms with Crippen molar-refractivity contribution < 1.29 is 29.0 Å². The number of hydrogen-bond donors (Lipinski definition) is 3. The Kier molecular flexibility index (Phi) is 6.93. The molecule has 1 saturated heterocycles. The summed E-state index contributed by atoms with van der Waals surface area (Å²) in [5.74, 6) is -1.47. The van der Waals surface area contributed by atoms with E-state index in [1.807, 2.05) is 31.2 Å². The number of carboxylic acids is 1. The number of fused-ring (bicyclic) bond motifs is 3. The lowest BCUT2D eigenvalue weighted by atomic mass is 9.98. The minimum Gasteiger partial charge on any atom is -0.479 e.